The number of carbonyl (C=O) groups excluding carboxylic acids is 1. The van der Waals surface area contributed by atoms with Gasteiger partial charge in [-0.2, -0.15) is 0 Å². The fraction of sp³-hybridized carbons (Fsp3) is 0.619. The third kappa shape index (κ3) is 5.31. The van der Waals surface area contributed by atoms with Gasteiger partial charge >= 0.3 is 5.97 Å². The van der Waals surface area contributed by atoms with Crippen LogP contribution in [0.3, 0.4) is 0 Å². The molecule has 142 valence electrons. The van der Waals surface area contributed by atoms with Crippen LogP contribution in [-0.4, -0.2) is 36.1 Å². The molecule has 2 aliphatic rings. The lowest BCUT2D eigenvalue weighted by atomic mass is 9.83. The van der Waals surface area contributed by atoms with Gasteiger partial charge in [0, 0.05) is 18.0 Å². The zero-order valence-electron chi connectivity index (χ0n) is 15.4. The standard InChI is InChI=1S/C21H30N2O3/c24-20(25)10-3-15-1-8-19(9-2-15)23-21(26)18-6-4-16(5-7-18)17-11-13-22-14-12-17/h4-7,15,17,19,22H,1-3,8-14H2,(H,23,26)(H,24,25)/t15-,19-. The highest BCUT2D eigenvalue weighted by molar-refractivity contribution is 5.94. The molecule has 1 amide bonds. The zero-order valence-corrected chi connectivity index (χ0v) is 15.4. The van der Waals surface area contributed by atoms with E-state index in [-0.39, 0.29) is 18.4 Å². The van der Waals surface area contributed by atoms with Crippen LogP contribution in [-0.2, 0) is 4.79 Å². The number of piperidine rings is 1. The van der Waals surface area contributed by atoms with Crippen molar-refractivity contribution >= 4 is 11.9 Å². The molecule has 0 spiro atoms. The quantitative estimate of drug-likeness (QED) is 0.729. The molecule has 3 N–H and O–H groups in total. The van der Waals surface area contributed by atoms with Gasteiger partial charge in [0.05, 0.1) is 0 Å². The summed E-state index contributed by atoms with van der Waals surface area (Å²) in [5.41, 5.74) is 2.07. The molecule has 0 atom stereocenters. The van der Waals surface area contributed by atoms with Crippen LogP contribution in [0.4, 0.5) is 0 Å². The maximum Gasteiger partial charge on any atom is 0.303 e. The van der Waals surface area contributed by atoms with Gasteiger partial charge in [-0.1, -0.05) is 12.1 Å². The Kier molecular flexibility index (Phi) is 6.67. The molecule has 0 aromatic heterocycles. The van der Waals surface area contributed by atoms with Crippen LogP contribution >= 0.6 is 0 Å². The van der Waals surface area contributed by atoms with Crippen LogP contribution in [0.2, 0.25) is 0 Å². The highest BCUT2D eigenvalue weighted by Gasteiger charge is 2.23. The minimum Gasteiger partial charge on any atom is -0.481 e. The molecular formula is C21H30N2O3. The third-order valence-corrected chi connectivity index (χ3v) is 5.93. The zero-order chi connectivity index (χ0) is 18.4. The van der Waals surface area contributed by atoms with Crippen molar-refractivity contribution in [3.63, 3.8) is 0 Å². The molecule has 0 radical (unpaired) electrons. The van der Waals surface area contributed by atoms with Crippen molar-refractivity contribution in [3.05, 3.63) is 35.4 Å². The van der Waals surface area contributed by atoms with E-state index in [4.69, 9.17) is 5.11 Å². The first kappa shape index (κ1) is 18.9. The molecule has 1 heterocycles. The van der Waals surface area contributed by atoms with Gasteiger partial charge < -0.3 is 15.7 Å². The van der Waals surface area contributed by atoms with E-state index in [1.165, 1.54) is 5.56 Å². The Bertz CT molecular complexity index is 600. The molecule has 0 bridgehead atoms. The highest BCUT2D eigenvalue weighted by atomic mass is 16.4. The lowest BCUT2D eigenvalue weighted by molar-refractivity contribution is -0.137. The maximum absolute atomic E-state index is 12.5. The second-order valence-electron chi connectivity index (χ2n) is 7.77. The fourth-order valence-electron chi connectivity index (χ4n) is 4.25. The maximum atomic E-state index is 12.5. The number of rotatable bonds is 6. The molecule has 26 heavy (non-hydrogen) atoms. The molecule has 1 aliphatic heterocycles. The van der Waals surface area contributed by atoms with E-state index in [1.54, 1.807) is 0 Å². The minimum absolute atomic E-state index is 0.0100. The number of carboxylic acid groups (broad SMARTS) is 1. The Morgan fingerprint density at radius 3 is 2.27 bits per heavy atom. The third-order valence-electron chi connectivity index (χ3n) is 5.93. The number of carbonyl (C=O) groups is 2. The van der Waals surface area contributed by atoms with Crippen LogP contribution in [0, 0.1) is 5.92 Å². The number of benzene rings is 1. The van der Waals surface area contributed by atoms with Gasteiger partial charge in [0.15, 0.2) is 0 Å². The van der Waals surface area contributed by atoms with Crippen LogP contribution in [0.5, 0.6) is 0 Å². The normalized spacial score (nSPS) is 24.2. The van der Waals surface area contributed by atoms with Crippen LogP contribution in [0.15, 0.2) is 24.3 Å². The van der Waals surface area contributed by atoms with Gasteiger partial charge in [-0.25, -0.2) is 0 Å². The molecule has 0 unspecified atom stereocenters. The summed E-state index contributed by atoms with van der Waals surface area (Å²) in [6, 6.07) is 8.32. The Labute approximate surface area is 155 Å². The van der Waals surface area contributed by atoms with Crippen molar-refractivity contribution in [2.24, 2.45) is 5.92 Å². The number of nitrogens with one attached hydrogen (secondary N) is 2. The predicted molar refractivity (Wildman–Crippen MR) is 101 cm³/mol. The van der Waals surface area contributed by atoms with Gasteiger partial charge in [-0.15, -0.1) is 0 Å². The highest BCUT2D eigenvalue weighted by Crippen LogP contribution is 2.28. The SMILES string of the molecule is O=C(O)CC[C@H]1CC[C@H](NC(=O)c2ccc(C3CCNCC3)cc2)CC1. The summed E-state index contributed by atoms with van der Waals surface area (Å²) in [6.45, 7) is 2.14. The molecule has 5 heteroatoms. The number of hydrogen-bond donors (Lipinski definition) is 3. The molecule has 5 nitrogen and oxygen atoms in total. The van der Waals surface area contributed by atoms with Gasteiger partial charge in [0.25, 0.3) is 5.91 Å². The molecule has 3 rings (SSSR count). The van der Waals surface area contributed by atoms with E-state index < -0.39 is 5.97 Å². The summed E-state index contributed by atoms with van der Waals surface area (Å²) in [7, 11) is 0. The second kappa shape index (κ2) is 9.17. The van der Waals surface area contributed by atoms with E-state index in [1.807, 2.05) is 12.1 Å². The number of amides is 1. The van der Waals surface area contributed by atoms with Crippen LogP contribution in [0.25, 0.3) is 0 Å². The van der Waals surface area contributed by atoms with Gasteiger partial charge in [0.2, 0.25) is 0 Å². The Balaban J connectivity index is 1.45. The lowest BCUT2D eigenvalue weighted by Gasteiger charge is -2.29. The number of carboxylic acids is 1. The fourth-order valence-corrected chi connectivity index (χ4v) is 4.25. The first-order chi connectivity index (χ1) is 12.6. The van der Waals surface area contributed by atoms with Crippen LogP contribution < -0.4 is 10.6 Å². The van der Waals surface area contributed by atoms with E-state index in [0.717, 1.165) is 63.6 Å². The second-order valence-corrected chi connectivity index (χ2v) is 7.77. The molecule has 1 aromatic carbocycles. The number of hydrogen-bond acceptors (Lipinski definition) is 3. The van der Waals surface area contributed by atoms with Crippen molar-refractivity contribution in [1.29, 1.82) is 0 Å². The Hall–Kier alpha value is -1.88. The first-order valence-corrected chi connectivity index (χ1v) is 9.95. The molecule has 1 aromatic rings. The topological polar surface area (TPSA) is 78.4 Å². The monoisotopic (exact) mass is 358 g/mol. The van der Waals surface area contributed by atoms with Gasteiger partial charge in [-0.05, 0) is 87.6 Å². The summed E-state index contributed by atoms with van der Waals surface area (Å²) >= 11 is 0. The predicted octanol–water partition coefficient (Wildman–Crippen LogP) is 3.31. The largest absolute Gasteiger partial charge is 0.481 e. The van der Waals surface area contributed by atoms with Crippen molar-refractivity contribution in [3.8, 4) is 0 Å². The lowest BCUT2D eigenvalue weighted by Crippen LogP contribution is -2.37. The van der Waals surface area contributed by atoms with Gasteiger partial charge in [-0.3, -0.25) is 9.59 Å². The molecule has 2 fully saturated rings. The van der Waals surface area contributed by atoms with Crippen LogP contribution in [0.1, 0.15) is 73.2 Å². The van der Waals surface area contributed by atoms with E-state index in [9.17, 15) is 9.59 Å². The summed E-state index contributed by atoms with van der Waals surface area (Å²) in [5.74, 6) is 0.391. The average Bonchev–Trinajstić information content (AvgIpc) is 2.68. The van der Waals surface area contributed by atoms with E-state index in [2.05, 4.69) is 22.8 Å². The Morgan fingerprint density at radius 2 is 1.65 bits per heavy atom. The van der Waals surface area contributed by atoms with Crippen molar-refractivity contribution in [1.82, 2.24) is 10.6 Å². The Morgan fingerprint density at radius 1 is 1.00 bits per heavy atom. The van der Waals surface area contributed by atoms with Gasteiger partial charge in [0.1, 0.15) is 0 Å². The molecule has 1 saturated carbocycles. The van der Waals surface area contributed by atoms with Crippen molar-refractivity contribution in [2.45, 2.75) is 63.3 Å². The average molecular weight is 358 g/mol. The molecule has 1 aliphatic carbocycles. The summed E-state index contributed by atoms with van der Waals surface area (Å²) in [6.07, 6.45) is 7.25. The number of aliphatic carboxylic acids is 1. The minimum atomic E-state index is -0.714. The summed E-state index contributed by atoms with van der Waals surface area (Å²) < 4.78 is 0. The summed E-state index contributed by atoms with van der Waals surface area (Å²) in [4.78, 5) is 23.2. The molecule has 1 saturated heterocycles. The van der Waals surface area contributed by atoms with Crippen molar-refractivity contribution in [2.75, 3.05) is 13.1 Å². The van der Waals surface area contributed by atoms with E-state index in [0.29, 0.717) is 11.8 Å². The first-order valence-electron chi connectivity index (χ1n) is 9.95. The van der Waals surface area contributed by atoms with Crippen molar-refractivity contribution < 1.29 is 14.7 Å². The molecular weight excluding hydrogens is 328 g/mol. The smallest absolute Gasteiger partial charge is 0.303 e. The summed E-state index contributed by atoms with van der Waals surface area (Å²) in [5, 5.41) is 15.3. The van der Waals surface area contributed by atoms with E-state index >= 15 is 0 Å².